The van der Waals surface area contributed by atoms with Gasteiger partial charge in [0.25, 0.3) is 0 Å². The predicted molar refractivity (Wildman–Crippen MR) is 87.3 cm³/mol. The number of rotatable bonds is 3. The zero-order valence-corrected chi connectivity index (χ0v) is 14.9. The molecule has 0 aromatic carbocycles. The Bertz CT molecular complexity index is 418. The minimum Gasteiger partial charge on any atom is -0.228 e. The Morgan fingerprint density at radius 2 is 0.950 bits per heavy atom. The van der Waals surface area contributed by atoms with Crippen LogP contribution in [0.25, 0.3) is 0 Å². The van der Waals surface area contributed by atoms with E-state index >= 15 is 0 Å². The minimum absolute atomic E-state index is 0.295. The highest BCUT2D eigenvalue weighted by atomic mass is 15.2. The maximum Gasteiger partial charge on any atom is 0.201 e. The summed E-state index contributed by atoms with van der Waals surface area (Å²) >= 11 is 0. The fourth-order valence-corrected chi connectivity index (χ4v) is 4.67. The lowest BCUT2D eigenvalue weighted by Crippen LogP contribution is -2.40. The first kappa shape index (κ1) is 15.7. The molecule has 2 heterocycles. The molecule has 0 amide bonds. The van der Waals surface area contributed by atoms with Gasteiger partial charge in [-0.15, -0.1) is 0 Å². The molecule has 0 aliphatic carbocycles. The topological polar surface area (TPSA) is 6.02 Å². The van der Waals surface area contributed by atoms with Crippen molar-refractivity contribution in [1.29, 1.82) is 0 Å². The molecule has 0 aromatic rings. The Kier molecular flexibility index (Phi) is 3.47. The Hall–Kier alpha value is -0.660. The lowest BCUT2D eigenvalue weighted by atomic mass is 9.85. The summed E-state index contributed by atoms with van der Waals surface area (Å²) in [4.78, 5) is 0. The van der Waals surface area contributed by atoms with E-state index in [1.807, 2.05) is 0 Å². The maximum absolute atomic E-state index is 2.57. The van der Waals surface area contributed by atoms with Crippen LogP contribution in [0, 0.1) is 10.8 Å². The van der Waals surface area contributed by atoms with Crippen LogP contribution in [0.2, 0.25) is 0 Å². The van der Waals surface area contributed by atoms with E-state index in [1.165, 1.54) is 12.8 Å². The summed E-state index contributed by atoms with van der Waals surface area (Å²) in [5.74, 6) is 0. The van der Waals surface area contributed by atoms with E-state index in [4.69, 9.17) is 0 Å². The molecule has 0 radical (unpaired) electrons. The summed E-state index contributed by atoms with van der Waals surface area (Å²) in [5.41, 5.74) is 1.27. The van der Waals surface area contributed by atoms with Gasteiger partial charge in [0, 0.05) is 23.7 Å². The molecular weight excluding hydrogens is 244 g/mol. The van der Waals surface area contributed by atoms with Crippen molar-refractivity contribution in [2.45, 2.75) is 79.3 Å². The first-order valence-corrected chi connectivity index (χ1v) is 8.09. The summed E-state index contributed by atoms with van der Waals surface area (Å²) in [5, 5.41) is 0. The molecular formula is C18H34N2+2. The highest BCUT2D eigenvalue weighted by molar-refractivity contribution is 5.62. The number of hydrogen-bond donors (Lipinski definition) is 0. The van der Waals surface area contributed by atoms with Crippen LogP contribution in [0.3, 0.4) is 0 Å². The van der Waals surface area contributed by atoms with Gasteiger partial charge in [0.15, 0.2) is 11.1 Å². The van der Waals surface area contributed by atoms with E-state index in [-0.39, 0.29) is 0 Å². The molecule has 0 unspecified atom stereocenters. The second-order valence-corrected chi connectivity index (χ2v) is 9.60. The van der Waals surface area contributed by atoms with Gasteiger partial charge in [-0.3, -0.25) is 0 Å². The first-order chi connectivity index (χ1) is 8.83. The third-order valence-corrected chi connectivity index (χ3v) is 4.92. The van der Waals surface area contributed by atoms with Crippen molar-refractivity contribution in [2.75, 3.05) is 13.1 Å². The van der Waals surface area contributed by atoms with Crippen molar-refractivity contribution in [3.8, 4) is 0 Å². The summed E-state index contributed by atoms with van der Waals surface area (Å²) < 4.78 is 5.14. The average molecular weight is 278 g/mol. The van der Waals surface area contributed by atoms with Crippen LogP contribution in [0.15, 0.2) is 0 Å². The van der Waals surface area contributed by atoms with Gasteiger partial charge in [-0.25, -0.2) is 9.15 Å². The predicted octanol–water partition coefficient (Wildman–Crippen LogP) is 3.57. The van der Waals surface area contributed by atoms with Crippen LogP contribution in [0.5, 0.6) is 0 Å². The highest BCUT2D eigenvalue weighted by Crippen LogP contribution is 2.36. The third-order valence-electron chi connectivity index (χ3n) is 4.92. The van der Waals surface area contributed by atoms with Crippen molar-refractivity contribution in [3.63, 3.8) is 0 Å². The van der Waals surface area contributed by atoms with Crippen LogP contribution in [0.4, 0.5) is 0 Å². The fraction of sp³-hybridized carbons (Fsp3) is 0.889. The van der Waals surface area contributed by atoms with Crippen molar-refractivity contribution in [3.05, 3.63) is 0 Å². The van der Waals surface area contributed by atoms with Crippen molar-refractivity contribution < 1.29 is 9.15 Å². The molecule has 2 heteroatoms. The molecule has 0 N–H and O–H groups in total. The second-order valence-electron chi connectivity index (χ2n) is 9.60. The molecule has 0 fully saturated rings. The largest absolute Gasteiger partial charge is 0.228 e. The molecule has 2 rings (SSSR count). The molecule has 2 aliphatic rings. The lowest BCUT2D eigenvalue weighted by Gasteiger charge is -2.21. The Labute approximate surface area is 125 Å². The van der Waals surface area contributed by atoms with Crippen LogP contribution < -0.4 is 0 Å². The van der Waals surface area contributed by atoms with Gasteiger partial charge in [-0.1, -0.05) is 27.7 Å². The van der Waals surface area contributed by atoms with E-state index in [0.717, 1.165) is 13.1 Å². The molecule has 0 spiro atoms. The molecule has 0 aromatic heterocycles. The molecule has 0 saturated heterocycles. The maximum atomic E-state index is 2.57. The van der Waals surface area contributed by atoms with Gasteiger partial charge in [-0.2, -0.15) is 0 Å². The second kappa shape index (κ2) is 4.42. The normalized spacial score (nSPS) is 29.2. The van der Waals surface area contributed by atoms with Crippen molar-refractivity contribution in [1.82, 2.24) is 0 Å². The molecule has 20 heavy (non-hydrogen) atoms. The summed E-state index contributed by atoms with van der Waals surface area (Å²) in [6.45, 7) is 21.2. The van der Waals surface area contributed by atoms with Gasteiger partial charge < -0.3 is 0 Å². The van der Waals surface area contributed by atoms with Gasteiger partial charge in [0.05, 0.1) is 0 Å². The van der Waals surface area contributed by atoms with E-state index in [2.05, 4.69) is 77.0 Å². The fourth-order valence-electron chi connectivity index (χ4n) is 4.67. The standard InChI is InChI=1S/C18H34N2/c1-15(2)11-17(5,6)19(13-15)9-10-20-14-16(3,4)12-18(20,7)8/h13-14H,9-12H2,1-8H3/q+2. The van der Waals surface area contributed by atoms with Gasteiger partial charge in [0.1, 0.15) is 12.4 Å². The highest BCUT2D eigenvalue weighted by Gasteiger charge is 2.48. The summed E-state index contributed by atoms with van der Waals surface area (Å²) in [7, 11) is 0. The molecule has 2 aliphatic heterocycles. The summed E-state index contributed by atoms with van der Waals surface area (Å²) in [6, 6.07) is 0. The molecule has 0 bridgehead atoms. The smallest absolute Gasteiger partial charge is 0.201 e. The zero-order valence-electron chi connectivity index (χ0n) is 14.9. The Balaban J connectivity index is 2.10. The molecule has 114 valence electrons. The average Bonchev–Trinajstić information content (AvgIpc) is 2.50. The molecule has 0 atom stereocenters. The summed E-state index contributed by atoms with van der Waals surface area (Å²) in [6.07, 6.45) is 7.42. The quantitative estimate of drug-likeness (QED) is 0.696. The van der Waals surface area contributed by atoms with Crippen molar-refractivity contribution in [2.24, 2.45) is 10.8 Å². The molecule has 0 saturated carbocycles. The van der Waals surface area contributed by atoms with E-state index in [1.54, 1.807) is 0 Å². The Morgan fingerprint density at radius 3 is 1.15 bits per heavy atom. The first-order valence-electron chi connectivity index (χ1n) is 8.09. The van der Waals surface area contributed by atoms with E-state index in [9.17, 15) is 0 Å². The monoisotopic (exact) mass is 278 g/mol. The van der Waals surface area contributed by atoms with Crippen LogP contribution in [-0.2, 0) is 0 Å². The van der Waals surface area contributed by atoms with E-state index < -0.39 is 0 Å². The van der Waals surface area contributed by atoms with E-state index in [0.29, 0.717) is 21.9 Å². The number of hydrogen-bond acceptors (Lipinski definition) is 0. The van der Waals surface area contributed by atoms with Crippen LogP contribution in [0.1, 0.15) is 68.2 Å². The molecule has 2 nitrogen and oxygen atoms in total. The van der Waals surface area contributed by atoms with Crippen molar-refractivity contribution >= 4 is 12.4 Å². The third kappa shape index (κ3) is 3.15. The van der Waals surface area contributed by atoms with Crippen LogP contribution >= 0.6 is 0 Å². The SMILES string of the molecule is CC1(C)C=[N+](CC[N+]2=CC(C)(C)CC2(C)C)C(C)(C)C1. The zero-order chi connectivity index (χ0) is 15.4. The lowest BCUT2D eigenvalue weighted by molar-refractivity contribution is -0.653. The van der Waals surface area contributed by atoms with Gasteiger partial charge in [-0.05, 0) is 27.7 Å². The van der Waals surface area contributed by atoms with Gasteiger partial charge >= 0.3 is 0 Å². The minimum atomic E-state index is 0.295. The van der Waals surface area contributed by atoms with Crippen LogP contribution in [-0.4, -0.2) is 45.7 Å². The number of nitrogens with zero attached hydrogens (tertiary/aromatic N) is 2. The Morgan fingerprint density at radius 1 is 0.650 bits per heavy atom. The van der Waals surface area contributed by atoms with Gasteiger partial charge in [0.2, 0.25) is 13.1 Å².